The van der Waals surface area contributed by atoms with Gasteiger partial charge < -0.3 is 10.1 Å². The van der Waals surface area contributed by atoms with Gasteiger partial charge in [-0.05, 0) is 38.0 Å². The van der Waals surface area contributed by atoms with Gasteiger partial charge in [0, 0.05) is 11.5 Å². The second kappa shape index (κ2) is 6.78. The summed E-state index contributed by atoms with van der Waals surface area (Å²) >= 11 is 0. The predicted molar refractivity (Wildman–Crippen MR) is 91.7 cm³/mol. The Labute approximate surface area is 145 Å². The summed E-state index contributed by atoms with van der Waals surface area (Å²) in [4.78, 5) is 29.5. The number of hydrogen-bond donors (Lipinski definition) is 1. The van der Waals surface area contributed by atoms with Gasteiger partial charge in [0.25, 0.3) is 5.91 Å². The SMILES string of the molecule is COC(=O)C1(NC(=O)c2cc3ccc(F)cc3nc2C)CCCCC1. The molecule has 1 heterocycles. The molecule has 1 aromatic carbocycles. The van der Waals surface area contributed by atoms with Crippen molar-refractivity contribution in [3.8, 4) is 0 Å². The second-order valence-corrected chi connectivity index (χ2v) is 6.55. The molecular formula is C19H21FN2O3. The number of rotatable bonds is 3. The maximum Gasteiger partial charge on any atom is 0.331 e. The number of methoxy groups -OCH3 is 1. The molecule has 0 unspecified atom stereocenters. The zero-order chi connectivity index (χ0) is 18.0. The van der Waals surface area contributed by atoms with Crippen LogP contribution >= 0.6 is 0 Å². The fourth-order valence-electron chi connectivity index (χ4n) is 3.48. The molecule has 2 aromatic rings. The number of benzene rings is 1. The van der Waals surface area contributed by atoms with Crippen LogP contribution in [0, 0.1) is 12.7 Å². The Hall–Kier alpha value is -2.50. The van der Waals surface area contributed by atoms with Gasteiger partial charge in [-0.15, -0.1) is 0 Å². The molecule has 1 aliphatic carbocycles. The summed E-state index contributed by atoms with van der Waals surface area (Å²) in [6, 6.07) is 5.93. The van der Waals surface area contributed by atoms with E-state index < -0.39 is 11.5 Å². The molecule has 1 fully saturated rings. The smallest absolute Gasteiger partial charge is 0.331 e. The van der Waals surface area contributed by atoms with Crippen molar-refractivity contribution in [1.82, 2.24) is 10.3 Å². The predicted octanol–water partition coefficient (Wildman–Crippen LogP) is 3.29. The zero-order valence-electron chi connectivity index (χ0n) is 14.4. The lowest BCUT2D eigenvalue weighted by Gasteiger charge is -2.35. The molecule has 1 amide bonds. The number of aromatic nitrogens is 1. The van der Waals surface area contributed by atoms with Crippen molar-refractivity contribution in [2.75, 3.05) is 7.11 Å². The molecule has 1 saturated carbocycles. The van der Waals surface area contributed by atoms with Gasteiger partial charge in [0.15, 0.2) is 0 Å². The van der Waals surface area contributed by atoms with E-state index >= 15 is 0 Å². The van der Waals surface area contributed by atoms with E-state index in [0.717, 1.165) is 19.3 Å². The van der Waals surface area contributed by atoms with Gasteiger partial charge in [0.2, 0.25) is 0 Å². The number of nitrogens with zero attached hydrogens (tertiary/aromatic N) is 1. The molecule has 0 bridgehead atoms. The number of aryl methyl sites for hydroxylation is 1. The Morgan fingerprint density at radius 3 is 2.60 bits per heavy atom. The summed E-state index contributed by atoms with van der Waals surface area (Å²) in [7, 11) is 1.34. The first kappa shape index (κ1) is 17.3. The van der Waals surface area contributed by atoms with E-state index in [1.165, 1.54) is 19.2 Å². The Morgan fingerprint density at radius 1 is 1.20 bits per heavy atom. The van der Waals surface area contributed by atoms with Gasteiger partial charge in [0.1, 0.15) is 11.4 Å². The first-order valence-corrected chi connectivity index (χ1v) is 8.43. The highest BCUT2D eigenvalue weighted by Gasteiger charge is 2.42. The van der Waals surface area contributed by atoms with Gasteiger partial charge in [-0.3, -0.25) is 9.78 Å². The highest BCUT2D eigenvalue weighted by atomic mass is 19.1. The number of carbonyl (C=O) groups excluding carboxylic acids is 2. The lowest BCUT2D eigenvalue weighted by molar-refractivity contribution is -0.149. The van der Waals surface area contributed by atoms with Crippen molar-refractivity contribution < 1.29 is 18.7 Å². The van der Waals surface area contributed by atoms with E-state index in [-0.39, 0.29) is 11.7 Å². The van der Waals surface area contributed by atoms with Crippen LogP contribution in [0.5, 0.6) is 0 Å². The maximum atomic E-state index is 13.3. The molecule has 0 atom stereocenters. The number of amides is 1. The van der Waals surface area contributed by atoms with Crippen molar-refractivity contribution in [3.63, 3.8) is 0 Å². The van der Waals surface area contributed by atoms with Crippen LogP contribution in [-0.4, -0.2) is 29.5 Å². The average molecular weight is 344 g/mol. The van der Waals surface area contributed by atoms with Gasteiger partial charge >= 0.3 is 5.97 Å². The lowest BCUT2D eigenvalue weighted by Crippen LogP contribution is -2.56. The molecule has 5 nitrogen and oxygen atoms in total. The number of halogens is 1. The number of pyridine rings is 1. The minimum absolute atomic E-state index is 0.358. The maximum absolute atomic E-state index is 13.3. The van der Waals surface area contributed by atoms with E-state index in [1.807, 2.05) is 0 Å². The van der Waals surface area contributed by atoms with E-state index in [4.69, 9.17) is 4.74 Å². The highest BCUT2D eigenvalue weighted by Crippen LogP contribution is 2.30. The van der Waals surface area contributed by atoms with Crippen LogP contribution in [0.4, 0.5) is 4.39 Å². The number of fused-ring (bicyclic) bond motifs is 1. The summed E-state index contributed by atoms with van der Waals surface area (Å²) in [6.07, 6.45) is 3.90. The molecule has 1 aromatic heterocycles. The minimum Gasteiger partial charge on any atom is -0.467 e. The van der Waals surface area contributed by atoms with Gasteiger partial charge in [0.05, 0.1) is 23.9 Å². The molecule has 1 aliphatic rings. The monoisotopic (exact) mass is 344 g/mol. The summed E-state index contributed by atoms with van der Waals surface area (Å²) in [5.41, 5.74) is 0.391. The van der Waals surface area contributed by atoms with Gasteiger partial charge in [-0.25, -0.2) is 9.18 Å². The second-order valence-electron chi connectivity index (χ2n) is 6.55. The normalized spacial score (nSPS) is 16.4. The van der Waals surface area contributed by atoms with Crippen LogP contribution in [0.2, 0.25) is 0 Å². The number of carbonyl (C=O) groups is 2. The van der Waals surface area contributed by atoms with Crippen molar-refractivity contribution >= 4 is 22.8 Å². The summed E-state index contributed by atoms with van der Waals surface area (Å²) < 4.78 is 18.3. The molecule has 25 heavy (non-hydrogen) atoms. The van der Waals surface area contributed by atoms with Crippen LogP contribution in [-0.2, 0) is 9.53 Å². The van der Waals surface area contributed by atoms with Gasteiger partial charge in [-0.2, -0.15) is 0 Å². The Kier molecular flexibility index (Phi) is 4.70. The lowest BCUT2D eigenvalue weighted by atomic mass is 9.81. The summed E-state index contributed by atoms with van der Waals surface area (Å²) in [5.74, 6) is -1.14. The molecule has 0 saturated heterocycles. The fraction of sp³-hybridized carbons (Fsp3) is 0.421. The third kappa shape index (κ3) is 3.34. The fourth-order valence-corrected chi connectivity index (χ4v) is 3.48. The molecular weight excluding hydrogens is 323 g/mol. The van der Waals surface area contributed by atoms with Crippen LogP contribution in [0.3, 0.4) is 0 Å². The third-order valence-corrected chi connectivity index (χ3v) is 4.85. The van der Waals surface area contributed by atoms with Crippen molar-refractivity contribution in [1.29, 1.82) is 0 Å². The van der Waals surface area contributed by atoms with Crippen molar-refractivity contribution in [2.24, 2.45) is 0 Å². The largest absolute Gasteiger partial charge is 0.467 e. The minimum atomic E-state index is -0.978. The molecule has 0 aliphatic heterocycles. The van der Waals surface area contributed by atoms with Gasteiger partial charge in [-0.1, -0.05) is 19.3 Å². The van der Waals surface area contributed by atoms with Crippen LogP contribution in [0.15, 0.2) is 24.3 Å². The molecule has 3 rings (SSSR count). The number of ether oxygens (including phenoxy) is 1. The first-order valence-electron chi connectivity index (χ1n) is 8.43. The highest BCUT2D eigenvalue weighted by molar-refractivity contribution is 6.01. The first-order chi connectivity index (χ1) is 11.9. The van der Waals surface area contributed by atoms with E-state index in [1.54, 1.807) is 19.1 Å². The average Bonchev–Trinajstić information content (AvgIpc) is 2.60. The standard InChI is InChI=1S/C19H21FN2O3/c1-12-15(10-13-6-7-14(20)11-16(13)21-12)17(23)22-19(18(24)25-2)8-4-3-5-9-19/h6-7,10-11H,3-5,8-9H2,1-2H3,(H,22,23). The number of nitrogens with one attached hydrogen (secondary N) is 1. The Balaban J connectivity index is 1.94. The topological polar surface area (TPSA) is 68.3 Å². The van der Waals surface area contributed by atoms with Crippen molar-refractivity contribution in [3.05, 3.63) is 41.3 Å². The summed E-state index contributed by atoms with van der Waals surface area (Å²) in [5, 5.41) is 3.56. The van der Waals surface area contributed by atoms with Crippen LogP contribution < -0.4 is 5.32 Å². The van der Waals surface area contributed by atoms with Crippen LogP contribution in [0.25, 0.3) is 10.9 Å². The van der Waals surface area contributed by atoms with Crippen LogP contribution in [0.1, 0.15) is 48.2 Å². The number of hydrogen-bond acceptors (Lipinski definition) is 4. The Morgan fingerprint density at radius 2 is 1.92 bits per heavy atom. The molecule has 132 valence electrons. The number of esters is 1. The summed E-state index contributed by atoms with van der Waals surface area (Å²) in [6.45, 7) is 1.70. The Bertz CT molecular complexity index is 829. The van der Waals surface area contributed by atoms with E-state index in [0.29, 0.717) is 35.0 Å². The molecule has 0 radical (unpaired) electrons. The third-order valence-electron chi connectivity index (χ3n) is 4.85. The zero-order valence-corrected chi connectivity index (χ0v) is 14.4. The van der Waals surface area contributed by atoms with Crippen molar-refractivity contribution in [2.45, 2.75) is 44.6 Å². The molecule has 0 spiro atoms. The van der Waals surface area contributed by atoms with E-state index in [2.05, 4.69) is 10.3 Å². The molecule has 6 heteroatoms. The molecule has 1 N–H and O–H groups in total. The quantitative estimate of drug-likeness (QED) is 0.868. The van der Waals surface area contributed by atoms with E-state index in [9.17, 15) is 14.0 Å².